The van der Waals surface area contributed by atoms with Crippen molar-refractivity contribution in [1.82, 2.24) is 25.1 Å². The van der Waals surface area contributed by atoms with Gasteiger partial charge < -0.3 is 0 Å². The molecular formula is C22H21ClN6O2. The van der Waals surface area contributed by atoms with E-state index in [0.717, 1.165) is 37.4 Å². The highest BCUT2D eigenvalue weighted by molar-refractivity contribution is 6.30. The van der Waals surface area contributed by atoms with Crippen LogP contribution >= 0.6 is 11.6 Å². The van der Waals surface area contributed by atoms with E-state index < -0.39 is 6.04 Å². The molecule has 1 unspecified atom stereocenters. The minimum atomic E-state index is -0.414. The number of amides is 2. The Bertz CT molecular complexity index is 1090. The number of H-pyrrole nitrogens is 1. The smallest absolute Gasteiger partial charge is 0.251 e. The molecule has 8 nitrogen and oxygen atoms in total. The maximum Gasteiger partial charge on any atom is 0.251 e. The van der Waals surface area contributed by atoms with E-state index in [4.69, 9.17) is 11.6 Å². The average Bonchev–Trinajstić information content (AvgIpc) is 3.40. The maximum absolute atomic E-state index is 13.0. The minimum absolute atomic E-state index is 0.164. The SMILES string of the molecule is O=C1CC(N2CCC(c3nc(-c4ccccn4)n[nH]3)CC2)C(=O)N1c1ccc(Cl)cc1. The Balaban J connectivity index is 1.24. The number of benzene rings is 1. The predicted octanol–water partition coefficient (Wildman–Crippen LogP) is 3.03. The van der Waals surface area contributed by atoms with E-state index in [9.17, 15) is 9.59 Å². The van der Waals surface area contributed by atoms with Crippen LogP contribution in [0.3, 0.4) is 0 Å². The third-order valence-electron chi connectivity index (χ3n) is 5.96. The molecule has 0 bridgehead atoms. The number of aromatic amines is 1. The van der Waals surface area contributed by atoms with Crippen LogP contribution in [-0.2, 0) is 9.59 Å². The molecular weight excluding hydrogens is 416 g/mol. The first-order chi connectivity index (χ1) is 15.1. The molecule has 158 valence electrons. The number of nitrogens with one attached hydrogen (secondary N) is 1. The fourth-order valence-electron chi connectivity index (χ4n) is 4.31. The largest absolute Gasteiger partial charge is 0.291 e. The number of aromatic nitrogens is 4. The van der Waals surface area contributed by atoms with E-state index in [1.54, 1.807) is 30.5 Å². The highest BCUT2D eigenvalue weighted by Gasteiger charge is 2.43. The van der Waals surface area contributed by atoms with E-state index in [-0.39, 0.29) is 24.2 Å². The normalized spacial score (nSPS) is 20.5. The summed E-state index contributed by atoms with van der Waals surface area (Å²) in [6, 6.07) is 12.0. The molecule has 4 heterocycles. The number of piperidine rings is 1. The molecule has 2 aliphatic heterocycles. The zero-order valence-corrected chi connectivity index (χ0v) is 17.5. The number of nitrogens with zero attached hydrogens (tertiary/aromatic N) is 5. The van der Waals surface area contributed by atoms with E-state index in [0.29, 0.717) is 16.5 Å². The van der Waals surface area contributed by atoms with Crippen molar-refractivity contribution in [3.05, 3.63) is 59.5 Å². The van der Waals surface area contributed by atoms with Gasteiger partial charge in [0, 0.05) is 17.1 Å². The Labute approximate surface area is 184 Å². The number of carbonyl (C=O) groups excluding carboxylic acids is 2. The molecule has 5 rings (SSSR count). The van der Waals surface area contributed by atoms with Crippen LogP contribution in [0.25, 0.3) is 11.5 Å². The number of imide groups is 1. The predicted molar refractivity (Wildman–Crippen MR) is 116 cm³/mol. The topological polar surface area (TPSA) is 95.1 Å². The van der Waals surface area contributed by atoms with Crippen LogP contribution in [0.4, 0.5) is 5.69 Å². The van der Waals surface area contributed by atoms with Crippen LogP contribution in [0, 0.1) is 0 Å². The summed E-state index contributed by atoms with van der Waals surface area (Å²) in [5.41, 5.74) is 1.31. The van der Waals surface area contributed by atoms with Crippen molar-refractivity contribution < 1.29 is 9.59 Å². The summed E-state index contributed by atoms with van der Waals surface area (Å²) in [7, 11) is 0. The summed E-state index contributed by atoms with van der Waals surface area (Å²) >= 11 is 5.93. The van der Waals surface area contributed by atoms with Gasteiger partial charge in [-0.05, 0) is 62.3 Å². The van der Waals surface area contributed by atoms with Gasteiger partial charge in [0.15, 0.2) is 5.82 Å². The minimum Gasteiger partial charge on any atom is -0.291 e. The van der Waals surface area contributed by atoms with Gasteiger partial charge in [0.1, 0.15) is 11.5 Å². The first kappa shape index (κ1) is 19.8. The molecule has 2 fully saturated rings. The van der Waals surface area contributed by atoms with Crippen molar-refractivity contribution in [3.8, 4) is 11.5 Å². The third-order valence-corrected chi connectivity index (χ3v) is 6.21. The molecule has 3 aromatic rings. The molecule has 0 saturated carbocycles. The molecule has 1 atom stereocenters. The van der Waals surface area contributed by atoms with Gasteiger partial charge in [-0.1, -0.05) is 17.7 Å². The first-order valence-electron chi connectivity index (χ1n) is 10.3. The Morgan fingerprint density at radius 1 is 1.03 bits per heavy atom. The van der Waals surface area contributed by atoms with Crippen LogP contribution < -0.4 is 4.90 Å². The van der Waals surface area contributed by atoms with Gasteiger partial charge >= 0.3 is 0 Å². The Morgan fingerprint density at radius 3 is 2.52 bits per heavy atom. The number of hydrogen-bond acceptors (Lipinski definition) is 6. The van der Waals surface area contributed by atoms with Crippen molar-refractivity contribution >= 4 is 29.1 Å². The Kier molecular flexibility index (Phi) is 5.25. The lowest BCUT2D eigenvalue weighted by Crippen LogP contribution is -2.45. The molecule has 0 radical (unpaired) electrons. The molecule has 0 aliphatic carbocycles. The first-order valence-corrected chi connectivity index (χ1v) is 10.7. The molecule has 31 heavy (non-hydrogen) atoms. The Morgan fingerprint density at radius 2 is 1.81 bits per heavy atom. The maximum atomic E-state index is 13.0. The molecule has 2 aliphatic rings. The van der Waals surface area contributed by atoms with Crippen molar-refractivity contribution in [2.45, 2.75) is 31.2 Å². The van der Waals surface area contributed by atoms with Crippen molar-refractivity contribution in [2.75, 3.05) is 18.0 Å². The zero-order valence-electron chi connectivity index (χ0n) is 16.7. The third kappa shape index (κ3) is 3.84. The summed E-state index contributed by atoms with van der Waals surface area (Å²) in [6.07, 6.45) is 3.61. The summed E-state index contributed by atoms with van der Waals surface area (Å²) in [6.45, 7) is 1.45. The second-order valence-electron chi connectivity index (χ2n) is 7.83. The average molecular weight is 437 g/mol. The van der Waals surface area contributed by atoms with Crippen molar-refractivity contribution in [3.63, 3.8) is 0 Å². The van der Waals surface area contributed by atoms with Gasteiger partial charge in [-0.2, -0.15) is 5.10 Å². The molecule has 2 amide bonds. The zero-order chi connectivity index (χ0) is 21.4. The highest BCUT2D eigenvalue weighted by atomic mass is 35.5. The lowest BCUT2D eigenvalue weighted by Gasteiger charge is -2.33. The number of carbonyl (C=O) groups is 2. The fraction of sp³-hybridized carbons (Fsp3) is 0.318. The van der Waals surface area contributed by atoms with Crippen LogP contribution in [0.1, 0.15) is 31.0 Å². The number of anilines is 1. The van der Waals surface area contributed by atoms with Crippen LogP contribution in [0.5, 0.6) is 0 Å². The summed E-state index contributed by atoms with van der Waals surface area (Å²) in [5.74, 6) is 1.34. The number of pyridine rings is 1. The molecule has 1 N–H and O–H groups in total. The number of hydrogen-bond donors (Lipinski definition) is 1. The van der Waals surface area contributed by atoms with E-state index in [2.05, 4.69) is 25.1 Å². The van der Waals surface area contributed by atoms with Gasteiger partial charge in [0.05, 0.1) is 18.2 Å². The fourth-order valence-corrected chi connectivity index (χ4v) is 4.44. The lowest BCUT2D eigenvalue weighted by molar-refractivity contribution is -0.123. The van der Waals surface area contributed by atoms with E-state index >= 15 is 0 Å². The lowest BCUT2D eigenvalue weighted by atomic mass is 9.95. The molecule has 1 aromatic carbocycles. The molecule has 2 saturated heterocycles. The molecule has 2 aromatic heterocycles. The van der Waals surface area contributed by atoms with Gasteiger partial charge in [-0.15, -0.1) is 0 Å². The summed E-state index contributed by atoms with van der Waals surface area (Å²) in [4.78, 5) is 37.9. The van der Waals surface area contributed by atoms with E-state index in [1.165, 1.54) is 4.90 Å². The summed E-state index contributed by atoms with van der Waals surface area (Å²) < 4.78 is 0. The molecule has 0 spiro atoms. The number of rotatable bonds is 4. The molecule has 9 heteroatoms. The van der Waals surface area contributed by atoms with Gasteiger partial charge in [0.2, 0.25) is 5.91 Å². The second kappa shape index (κ2) is 8.20. The standard InChI is InChI=1S/C22H21ClN6O2/c23-15-4-6-16(7-5-15)29-19(30)13-18(22(29)31)28-11-8-14(9-12-28)20-25-21(27-26-20)17-3-1-2-10-24-17/h1-7,10,14,18H,8-9,11-13H2,(H,25,26,27). The van der Waals surface area contributed by atoms with Gasteiger partial charge in [-0.3, -0.25) is 24.6 Å². The number of likely N-dealkylation sites (tertiary alicyclic amines) is 1. The highest BCUT2D eigenvalue weighted by Crippen LogP contribution is 2.32. The Hall–Kier alpha value is -3.10. The van der Waals surface area contributed by atoms with Gasteiger partial charge in [0.25, 0.3) is 5.91 Å². The summed E-state index contributed by atoms with van der Waals surface area (Å²) in [5, 5.41) is 7.92. The van der Waals surface area contributed by atoms with E-state index in [1.807, 2.05) is 18.2 Å². The number of halogens is 1. The van der Waals surface area contributed by atoms with Crippen LogP contribution in [0.15, 0.2) is 48.7 Å². The van der Waals surface area contributed by atoms with Crippen molar-refractivity contribution in [1.29, 1.82) is 0 Å². The quantitative estimate of drug-likeness (QED) is 0.631. The van der Waals surface area contributed by atoms with Crippen LogP contribution in [0.2, 0.25) is 5.02 Å². The van der Waals surface area contributed by atoms with Crippen LogP contribution in [-0.4, -0.2) is 56.0 Å². The second-order valence-corrected chi connectivity index (χ2v) is 8.27. The monoisotopic (exact) mass is 436 g/mol. The van der Waals surface area contributed by atoms with Crippen molar-refractivity contribution in [2.24, 2.45) is 0 Å². The van der Waals surface area contributed by atoms with Gasteiger partial charge in [-0.25, -0.2) is 9.88 Å².